The number of likely N-dealkylation sites (tertiary alicyclic amines) is 1. The number of anilines is 1. The third-order valence-corrected chi connectivity index (χ3v) is 9.80. The lowest BCUT2D eigenvalue weighted by Crippen LogP contribution is -2.53. The number of carbonyl (C=O) groups excluding carboxylic acids is 3. The van der Waals surface area contributed by atoms with Gasteiger partial charge in [0.1, 0.15) is 6.04 Å². The topological polar surface area (TPSA) is 81.2 Å². The first-order valence-corrected chi connectivity index (χ1v) is 13.9. The van der Waals surface area contributed by atoms with Gasteiger partial charge in [0.05, 0.1) is 16.6 Å². The number of halogens is 1. The van der Waals surface area contributed by atoms with Crippen LogP contribution in [0.15, 0.2) is 48.6 Å². The van der Waals surface area contributed by atoms with Gasteiger partial charge < -0.3 is 19.8 Å². The molecule has 2 fully saturated rings. The smallest absolute Gasteiger partial charge is 0.251 e. The van der Waals surface area contributed by atoms with Gasteiger partial charge >= 0.3 is 0 Å². The van der Waals surface area contributed by atoms with Crippen molar-refractivity contribution in [3.05, 3.63) is 53.6 Å². The molecule has 7 nitrogen and oxygen atoms in total. The Hall–Kier alpha value is -2.29. The van der Waals surface area contributed by atoms with Crippen LogP contribution in [-0.2, 0) is 14.4 Å². The molecule has 4 aliphatic rings. The highest BCUT2D eigenvalue weighted by molar-refractivity contribution is 8.02. The number of aliphatic hydroxyl groups excluding tert-OH is 1. The van der Waals surface area contributed by atoms with Crippen LogP contribution in [0, 0.1) is 11.8 Å². The van der Waals surface area contributed by atoms with Crippen molar-refractivity contribution in [1.29, 1.82) is 0 Å². The van der Waals surface area contributed by atoms with E-state index < -0.39 is 22.6 Å². The van der Waals surface area contributed by atoms with E-state index in [-0.39, 0.29) is 29.6 Å². The highest BCUT2D eigenvalue weighted by atomic mass is 35.5. The molecule has 1 aromatic rings. The first-order valence-electron chi connectivity index (χ1n) is 12.6. The van der Waals surface area contributed by atoms with Crippen molar-refractivity contribution >= 4 is 46.8 Å². The highest BCUT2D eigenvalue weighted by Gasteiger charge is 2.70. The summed E-state index contributed by atoms with van der Waals surface area (Å²) in [4.78, 5) is 47.0. The fraction of sp³-hybridized carbons (Fsp3) is 0.519. The SMILES string of the molecule is CN1CC=C[C@@H]2S[C@]34C=CCN(c5ccc(Cl)cc5)C(=O)C3N(CCCCCCO)C(=O)[C@@H]4[C@@H]2C1=O. The van der Waals surface area contributed by atoms with Crippen LogP contribution in [0.5, 0.6) is 0 Å². The van der Waals surface area contributed by atoms with Crippen LogP contribution in [0.2, 0.25) is 5.02 Å². The molecule has 1 N–H and O–H groups in total. The number of fused-ring (bicyclic) bond motifs is 2. The van der Waals surface area contributed by atoms with Crippen molar-refractivity contribution in [1.82, 2.24) is 9.80 Å². The summed E-state index contributed by atoms with van der Waals surface area (Å²) in [5.41, 5.74) is 0.734. The average Bonchev–Trinajstić information content (AvgIpc) is 3.18. The van der Waals surface area contributed by atoms with Crippen LogP contribution in [0.25, 0.3) is 0 Å². The number of unbranched alkanes of at least 4 members (excludes halogenated alkanes) is 3. The first kappa shape index (κ1) is 25.4. The predicted molar refractivity (Wildman–Crippen MR) is 142 cm³/mol. The van der Waals surface area contributed by atoms with Crippen LogP contribution < -0.4 is 4.90 Å². The van der Waals surface area contributed by atoms with E-state index in [4.69, 9.17) is 16.7 Å². The average molecular weight is 530 g/mol. The van der Waals surface area contributed by atoms with Gasteiger partial charge in [-0.05, 0) is 37.1 Å². The molecule has 2 saturated heterocycles. The second kappa shape index (κ2) is 10.2. The second-order valence-electron chi connectivity index (χ2n) is 9.99. The Morgan fingerprint density at radius 3 is 2.50 bits per heavy atom. The molecular formula is C27H32ClN3O4S. The van der Waals surface area contributed by atoms with Crippen LogP contribution in [0.3, 0.4) is 0 Å². The second-order valence-corrected chi connectivity index (χ2v) is 11.9. The number of benzene rings is 1. The number of hydrogen-bond acceptors (Lipinski definition) is 5. The van der Waals surface area contributed by atoms with Crippen LogP contribution in [-0.4, -0.2) is 82.0 Å². The largest absolute Gasteiger partial charge is 0.396 e. The summed E-state index contributed by atoms with van der Waals surface area (Å²) in [5.74, 6) is -1.33. The molecule has 1 unspecified atom stereocenters. The van der Waals surface area contributed by atoms with Gasteiger partial charge in [-0.1, -0.05) is 48.7 Å². The summed E-state index contributed by atoms with van der Waals surface area (Å²) in [6.45, 7) is 1.53. The third-order valence-electron chi connectivity index (χ3n) is 7.81. The lowest BCUT2D eigenvalue weighted by Gasteiger charge is -2.35. The maximum Gasteiger partial charge on any atom is 0.251 e. The zero-order valence-corrected chi connectivity index (χ0v) is 22.0. The summed E-state index contributed by atoms with van der Waals surface area (Å²) in [6.07, 6.45) is 11.3. The molecule has 9 heteroatoms. The van der Waals surface area contributed by atoms with E-state index in [1.54, 1.807) is 45.6 Å². The fourth-order valence-electron chi connectivity index (χ4n) is 6.10. The molecule has 3 amide bonds. The molecule has 0 bridgehead atoms. The van der Waals surface area contributed by atoms with Gasteiger partial charge in [-0.25, -0.2) is 0 Å². The molecule has 4 heterocycles. The number of hydrogen-bond donors (Lipinski definition) is 1. The van der Waals surface area contributed by atoms with Gasteiger partial charge in [-0.2, -0.15) is 0 Å². The summed E-state index contributed by atoms with van der Waals surface area (Å²) in [5, 5.41) is 9.55. The molecular weight excluding hydrogens is 498 g/mol. The van der Waals surface area contributed by atoms with E-state index in [0.29, 0.717) is 24.7 Å². The quantitative estimate of drug-likeness (QED) is 0.433. The minimum absolute atomic E-state index is 0.0316. The number of carbonyl (C=O) groups is 3. The highest BCUT2D eigenvalue weighted by Crippen LogP contribution is 2.61. The van der Waals surface area contributed by atoms with Crippen molar-refractivity contribution in [2.75, 3.05) is 38.2 Å². The Labute approximate surface area is 221 Å². The van der Waals surface area contributed by atoms with Gasteiger partial charge in [0.2, 0.25) is 11.8 Å². The number of likely N-dealkylation sites (N-methyl/N-ethyl adjacent to an activating group) is 1. The molecule has 0 aromatic heterocycles. The van der Waals surface area contributed by atoms with Crippen LogP contribution in [0.4, 0.5) is 5.69 Å². The maximum absolute atomic E-state index is 14.3. The number of thioether (sulfide) groups is 1. The Bertz CT molecular complexity index is 1090. The van der Waals surface area contributed by atoms with Crippen molar-refractivity contribution < 1.29 is 19.5 Å². The molecule has 0 saturated carbocycles. The molecule has 192 valence electrons. The minimum atomic E-state index is -0.798. The van der Waals surface area contributed by atoms with Gasteiger partial charge in [-0.3, -0.25) is 14.4 Å². The Morgan fingerprint density at radius 1 is 1.00 bits per heavy atom. The van der Waals surface area contributed by atoms with Gasteiger partial charge in [0.15, 0.2) is 0 Å². The Morgan fingerprint density at radius 2 is 1.75 bits per heavy atom. The summed E-state index contributed by atoms with van der Waals surface area (Å²) in [7, 11) is 1.77. The number of rotatable bonds is 7. The molecule has 1 spiro atoms. The van der Waals surface area contributed by atoms with Crippen LogP contribution in [0.1, 0.15) is 25.7 Å². The van der Waals surface area contributed by atoms with Crippen molar-refractivity contribution in [2.45, 2.75) is 41.7 Å². The Balaban J connectivity index is 1.53. The first-order chi connectivity index (χ1) is 17.4. The fourth-order valence-corrected chi connectivity index (χ4v) is 8.24. The normalized spacial score (nSPS) is 31.4. The molecule has 4 aliphatic heterocycles. The molecule has 0 aliphatic carbocycles. The van der Waals surface area contributed by atoms with Crippen molar-refractivity contribution in [3.63, 3.8) is 0 Å². The number of amides is 3. The predicted octanol–water partition coefficient (Wildman–Crippen LogP) is 3.12. The minimum Gasteiger partial charge on any atom is -0.396 e. The van der Waals surface area contributed by atoms with E-state index in [2.05, 4.69) is 0 Å². The van der Waals surface area contributed by atoms with Crippen molar-refractivity contribution in [3.8, 4) is 0 Å². The standard InChI is InChI=1S/C27H32ClN3O4S/c1-29-14-6-8-20-21(24(29)33)22-25(34)31(15-4-2-3-5-17-32)23-26(35)30(16-7-13-27(22,23)36-20)19-11-9-18(28)10-12-19/h6-13,20-23,32H,2-5,14-17H2,1H3/t20-,21+,22-,23?,27-/m0/s1. The summed E-state index contributed by atoms with van der Waals surface area (Å²) >= 11 is 7.70. The lowest BCUT2D eigenvalue weighted by molar-refractivity contribution is -0.142. The monoisotopic (exact) mass is 529 g/mol. The van der Waals surface area contributed by atoms with E-state index in [9.17, 15) is 14.4 Å². The van der Waals surface area contributed by atoms with Crippen LogP contribution >= 0.6 is 23.4 Å². The Kier molecular flexibility index (Phi) is 7.21. The summed E-state index contributed by atoms with van der Waals surface area (Å²) < 4.78 is -0.798. The number of aliphatic hydroxyl groups is 1. The summed E-state index contributed by atoms with van der Waals surface area (Å²) in [6, 6.07) is 6.49. The molecule has 36 heavy (non-hydrogen) atoms. The molecule has 0 radical (unpaired) electrons. The molecule has 5 rings (SSSR count). The maximum atomic E-state index is 14.3. The van der Waals surface area contributed by atoms with Gasteiger partial charge in [-0.15, -0.1) is 11.8 Å². The van der Waals surface area contributed by atoms with Crippen molar-refractivity contribution in [2.24, 2.45) is 11.8 Å². The number of nitrogens with zero attached hydrogens (tertiary/aromatic N) is 3. The van der Waals surface area contributed by atoms with E-state index >= 15 is 0 Å². The zero-order valence-electron chi connectivity index (χ0n) is 20.4. The molecule has 1 aromatic carbocycles. The van der Waals surface area contributed by atoms with E-state index in [1.165, 1.54) is 0 Å². The molecule has 5 atom stereocenters. The third kappa shape index (κ3) is 4.17. The lowest BCUT2D eigenvalue weighted by atomic mass is 9.78. The van der Waals surface area contributed by atoms with E-state index in [1.807, 2.05) is 36.4 Å². The van der Waals surface area contributed by atoms with E-state index in [0.717, 1.165) is 31.4 Å². The van der Waals surface area contributed by atoms with Gasteiger partial charge in [0, 0.05) is 49.2 Å². The van der Waals surface area contributed by atoms with Gasteiger partial charge in [0.25, 0.3) is 5.91 Å². The zero-order chi connectivity index (χ0) is 25.4.